The van der Waals surface area contributed by atoms with Crippen LogP contribution in [0.4, 0.5) is 8.78 Å². The normalized spacial score (nSPS) is 13.1. The van der Waals surface area contributed by atoms with Gasteiger partial charge in [0, 0.05) is 5.56 Å². The van der Waals surface area contributed by atoms with Crippen LogP contribution in [0.2, 0.25) is 0 Å². The summed E-state index contributed by atoms with van der Waals surface area (Å²) < 4.78 is 32.3. The molecule has 1 unspecified atom stereocenters. The van der Waals surface area contributed by atoms with Gasteiger partial charge in [-0.2, -0.15) is 0 Å². The first-order valence-corrected chi connectivity index (χ1v) is 5.29. The highest BCUT2D eigenvalue weighted by atomic mass is 19.1. The van der Waals surface area contributed by atoms with Crippen LogP contribution in [0.3, 0.4) is 0 Å². The van der Waals surface area contributed by atoms with Gasteiger partial charge in [-0.15, -0.1) is 0 Å². The third-order valence-electron chi connectivity index (χ3n) is 2.29. The lowest BCUT2D eigenvalue weighted by molar-refractivity contribution is 0.0612. The fourth-order valence-electron chi connectivity index (χ4n) is 1.44. The summed E-state index contributed by atoms with van der Waals surface area (Å²) in [5.74, 6) is -1.10. The molecule has 0 saturated heterocycles. The largest absolute Gasteiger partial charge is 0.377 e. The maximum atomic E-state index is 13.5. The van der Waals surface area contributed by atoms with Gasteiger partial charge in [0.15, 0.2) is 0 Å². The highest BCUT2D eigenvalue weighted by Crippen LogP contribution is 2.21. The first-order valence-electron chi connectivity index (χ1n) is 5.29. The Morgan fingerprint density at radius 2 is 1.81 bits per heavy atom. The SMILES string of the molecule is CNC(COC(C)C)c1c(F)cccc1F. The van der Waals surface area contributed by atoms with Crippen LogP contribution in [0.1, 0.15) is 25.5 Å². The lowest BCUT2D eigenvalue weighted by atomic mass is 10.1. The molecule has 0 aliphatic carbocycles. The Morgan fingerprint density at radius 1 is 1.25 bits per heavy atom. The molecule has 0 saturated carbocycles. The third kappa shape index (κ3) is 3.25. The van der Waals surface area contributed by atoms with Crippen LogP contribution in [0.15, 0.2) is 18.2 Å². The van der Waals surface area contributed by atoms with Crippen molar-refractivity contribution in [3.8, 4) is 0 Å². The second-order valence-electron chi connectivity index (χ2n) is 3.86. The smallest absolute Gasteiger partial charge is 0.131 e. The molecule has 0 spiro atoms. The molecule has 0 aliphatic rings. The summed E-state index contributed by atoms with van der Waals surface area (Å²) in [6.07, 6.45) is 0.0330. The van der Waals surface area contributed by atoms with Crippen LogP contribution in [-0.4, -0.2) is 19.8 Å². The molecule has 0 aliphatic heterocycles. The molecular weight excluding hydrogens is 212 g/mol. The molecule has 0 aromatic heterocycles. The van der Waals surface area contributed by atoms with E-state index in [1.807, 2.05) is 13.8 Å². The van der Waals surface area contributed by atoms with Gasteiger partial charge >= 0.3 is 0 Å². The molecule has 0 fully saturated rings. The number of ether oxygens (including phenoxy) is 1. The van der Waals surface area contributed by atoms with Crippen molar-refractivity contribution >= 4 is 0 Å². The quantitative estimate of drug-likeness (QED) is 0.838. The monoisotopic (exact) mass is 229 g/mol. The standard InChI is InChI=1S/C12H17F2NO/c1-8(2)16-7-11(15-3)12-9(13)5-4-6-10(12)14/h4-6,8,11,15H,7H2,1-3H3. The Morgan fingerprint density at radius 3 is 2.25 bits per heavy atom. The van der Waals surface area contributed by atoms with Gasteiger partial charge in [-0.1, -0.05) is 6.07 Å². The minimum Gasteiger partial charge on any atom is -0.377 e. The number of benzene rings is 1. The van der Waals surface area contributed by atoms with Crippen molar-refractivity contribution in [3.63, 3.8) is 0 Å². The first kappa shape index (κ1) is 13.1. The average molecular weight is 229 g/mol. The zero-order valence-corrected chi connectivity index (χ0v) is 9.76. The molecular formula is C12H17F2NO. The van der Waals surface area contributed by atoms with E-state index in [2.05, 4.69) is 5.32 Å². The Hall–Kier alpha value is -1.00. The van der Waals surface area contributed by atoms with Crippen molar-refractivity contribution in [2.24, 2.45) is 0 Å². The van der Waals surface area contributed by atoms with E-state index in [9.17, 15) is 8.78 Å². The Balaban J connectivity index is 2.86. The van der Waals surface area contributed by atoms with E-state index in [1.165, 1.54) is 18.2 Å². The number of nitrogens with one attached hydrogen (secondary N) is 1. The lowest BCUT2D eigenvalue weighted by Crippen LogP contribution is -2.25. The highest BCUT2D eigenvalue weighted by molar-refractivity contribution is 5.23. The van der Waals surface area contributed by atoms with E-state index in [1.54, 1.807) is 7.05 Å². The Labute approximate surface area is 94.6 Å². The van der Waals surface area contributed by atoms with Crippen LogP contribution in [-0.2, 0) is 4.74 Å². The van der Waals surface area contributed by atoms with E-state index < -0.39 is 17.7 Å². The van der Waals surface area contributed by atoms with E-state index in [-0.39, 0.29) is 18.3 Å². The topological polar surface area (TPSA) is 21.3 Å². The van der Waals surface area contributed by atoms with Crippen LogP contribution in [0.5, 0.6) is 0 Å². The second kappa shape index (κ2) is 5.92. The zero-order chi connectivity index (χ0) is 12.1. The molecule has 1 N–H and O–H groups in total. The number of hydrogen-bond donors (Lipinski definition) is 1. The molecule has 1 aromatic rings. The molecule has 0 radical (unpaired) electrons. The lowest BCUT2D eigenvalue weighted by Gasteiger charge is -2.19. The molecule has 2 nitrogen and oxygen atoms in total. The molecule has 0 heterocycles. The van der Waals surface area contributed by atoms with Gasteiger partial charge in [0.1, 0.15) is 11.6 Å². The van der Waals surface area contributed by atoms with E-state index in [4.69, 9.17) is 4.74 Å². The van der Waals surface area contributed by atoms with Crippen molar-refractivity contribution in [1.82, 2.24) is 5.32 Å². The van der Waals surface area contributed by atoms with Gasteiger partial charge in [0.2, 0.25) is 0 Å². The van der Waals surface area contributed by atoms with Gasteiger partial charge in [-0.25, -0.2) is 8.78 Å². The van der Waals surface area contributed by atoms with Crippen molar-refractivity contribution in [1.29, 1.82) is 0 Å². The summed E-state index contributed by atoms with van der Waals surface area (Å²) in [7, 11) is 1.65. The molecule has 1 aromatic carbocycles. The fourth-order valence-corrected chi connectivity index (χ4v) is 1.44. The summed E-state index contributed by atoms with van der Waals surface area (Å²) in [5.41, 5.74) is 0.0330. The number of rotatable bonds is 5. The first-order chi connectivity index (χ1) is 7.56. The number of likely N-dealkylation sites (N-methyl/N-ethyl adjacent to an activating group) is 1. The van der Waals surface area contributed by atoms with E-state index in [0.29, 0.717) is 0 Å². The van der Waals surface area contributed by atoms with Crippen LogP contribution in [0.25, 0.3) is 0 Å². The maximum Gasteiger partial charge on any atom is 0.131 e. The Kier molecular flexibility index (Phi) is 4.83. The van der Waals surface area contributed by atoms with Gasteiger partial charge < -0.3 is 10.1 Å². The minimum absolute atomic E-state index is 0.0330. The molecule has 1 rings (SSSR count). The minimum atomic E-state index is -0.549. The second-order valence-corrected chi connectivity index (χ2v) is 3.86. The third-order valence-corrected chi connectivity index (χ3v) is 2.29. The van der Waals surface area contributed by atoms with Gasteiger partial charge in [0.25, 0.3) is 0 Å². The van der Waals surface area contributed by atoms with Crippen LogP contribution in [0, 0.1) is 11.6 Å². The van der Waals surface area contributed by atoms with Crippen molar-refractivity contribution in [2.75, 3.05) is 13.7 Å². The molecule has 0 bridgehead atoms. The fraction of sp³-hybridized carbons (Fsp3) is 0.500. The average Bonchev–Trinajstić information content (AvgIpc) is 2.22. The van der Waals surface area contributed by atoms with E-state index >= 15 is 0 Å². The Bertz CT molecular complexity index is 322. The summed E-state index contributed by atoms with van der Waals surface area (Å²) in [5, 5.41) is 2.85. The van der Waals surface area contributed by atoms with Crippen LogP contribution < -0.4 is 5.32 Å². The zero-order valence-electron chi connectivity index (χ0n) is 9.76. The van der Waals surface area contributed by atoms with Crippen molar-refractivity contribution in [3.05, 3.63) is 35.4 Å². The summed E-state index contributed by atoms with van der Waals surface area (Å²) in [4.78, 5) is 0. The van der Waals surface area contributed by atoms with E-state index in [0.717, 1.165) is 0 Å². The molecule has 1 atom stereocenters. The van der Waals surface area contributed by atoms with Gasteiger partial charge in [0.05, 0.1) is 18.8 Å². The highest BCUT2D eigenvalue weighted by Gasteiger charge is 2.18. The van der Waals surface area contributed by atoms with Crippen molar-refractivity contribution in [2.45, 2.75) is 26.0 Å². The number of hydrogen-bond acceptors (Lipinski definition) is 2. The predicted molar refractivity (Wildman–Crippen MR) is 59.2 cm³/mol. The summed E-state index contributed by atoms with van der Waals surface area (Å²) >= 11 is 0. The summed E-state index contributed by atoms with van der Waals surface area (Å²) in [6.45, 7) is 4.00. The molecule has 4 heteroatoms. The molecule has 90 valence electrons. The molecule has 16 heavy (non-hydrogen) atoms. The van der Waals surface area contributed by atoms with Crippen molar-refractivity contribution < 1.29 is 13.5 Å². The predicted octanol–water partition coefficient (Wildman–Crippen LogP) is 2.65. The molecule has 0 amide bonds. The van der Waals surface area contributed by atoms with Crippen LogP contribution >= 0.6 is 0 Å². The number of halogens is 2. The van der Waals surface area contributed by atoms with Gasteiger partial charge in [-0.3, -0.25) is 0 Å². The van der Waals surface area contributed by atoms with Gasteiger partial charge in [-0.05, 0) is 33.0 Å². The maximum absolute atomic E-state index is 13.5. The summed E-state index contributed by atoms with van der Waals surface area (Å²) in [6, 6.07) is 3.38.